The van der Waals surface area contributed by atoms with Crippen molar-refractivity contribution in [3.05, 3.63) is 24.0 Å². The van der Waals surface area contributed by atoms with Crippen LogP contribution in [0.1, 0.15) is 26.3 Å². The van der Waals surface area contributed by atoms with E-state index in [1.807, 2.05) is 18.5 Å². The van der Waals surface area contributed by atoms with Crippen LogP contribution in [0, 0.1) is 0 Å². The second-order valence-electron chi connectivity index (χ2n) is 5.06. The second-order valence-corrected chi connectivity index (χ2v) is 5.06. The normalized spacial score (nSPS) is 11.5. The molecule has 0 aliphatic rings. The summed E-state index contributed by atoms with van der Waals surface area (Å²) in [4.78, 5) is 4.14. The molecule has 96 valence electrons. The van der Waals surface area contributed by atoms with E-state index >= 15 is 0 Å². The van der Waals surface area contributed by atoms with Crippen molar-refractivity contribution in [1.29, 1.82) is 0 Å². The van der Waals surface area contributed by atoms with Gasteiger partial charge in [-0.3, -0.25) is 4.98 Å². The predicted octanol–water partition coefficient (Wildman–Crippen LogP) is 2.03. The Bertz CT molecular complexity index is 334. The molecule has 1 rings (SSSR count). The zero-order chi connectivity index (χ0) is 12.7. The fraction of sp³-hybridized carbons (Fsp3) is 0.615. The number of hydrogen-bond acceptors (Lipinski definition) is 4. The third-order valence-electron chi connectivity index (χ3n) is 2.34. The van der Waals surface area contributed by atoms with E-state index in [2.05, 4.69) is 36.4 Å². The summed E-state index contributed by atoms with van der Waals surface area (Å²) in [6.07, 6.45) is 3.68. The largest absolute Gasteiger partial charge is 0.383 e. The van der Waals surface area contributed by atoms with E-state index < -0.39 is 0 Å². The van der Waals surface area contributed by atoms with E-state index in [0.717, 1.165) is 18.8 Å². The van der Waals surface area contributed by atoms with Crippen LogP contribution in [0.3, 0.4) is 0 Å². The summed E-state index contributed by atoms with van der Waals surface area (Å²) in [5, 5.41) is 6.79. The topological polar surface area (TPSA) is 46.2 Å². The third kappa shape index (κ3) is 5.65. The van der Waals surface area contributed by atoms with Gasteiger partial charge in [0.05, 0.1) is 18.5 Å². The molecule has 1 heterocycles. The number of hydrogen-bond donors (Lipinski definition) is 2. The Balaban J connectivity index is 2.58. The van der Waals surface area contributed by atoms with Gasteiger partial charge in [0.2, 0.25) is 0 Å². The Morgan fingerprint density at radius 3 is 2.76 bits per heavy atom. The molecule has 0 saturated carbocycles. The Hall–Kier alpha value is -1.13. The minimum absolute atomic E-state index is 0.118. The molecule has 1 aromatic heterocycles. The number of aromatic nitrogens is 1. The standard InChI is InChI=1S/C13H23N3O/c1-13(2,3)16-9-11-5-6-14-10-12(11)15-7-8-17-4/h5-6,10,15-16H,7-9H2,1-4H3. The zero-order valence-corrected chi connectivity index (χ0v) is 11.2. The van der Waals surface area contributed by atoms with E-state index in [1.54, 1.807) is 7.11 Å². The first-order valence-corrected chi connectivity index (χ1v) is 5.93. The van der Waals surface area contributed by atoms with E-state index in [-0.39, 0.29) is 5.54 Å². The fourth-order valence-corrected chi connectivity index (χ4v) is 1.38. The van der Waals surface area contributed by atoms with Crippen LogP contribution in [-0.2, 0) is 11.3 Å². The summed E-state index contributed by atoms with van der Waals surface area (Å²) in [6.45, 7) is 8.80. The maximum atomic E-state index is 5.02. The predicted molar refractivity (Wildman–Crippen MR) is 71.2 cm³/mol. The first-order chi connectivity index (χ1) is 8.03. The van der Waals surface area contributed by atoms with Crippen LogP contribution in [0.25, 0.3) is 0 Å². The molecular weight excluding hydrogens is 214 g/mol. The number of nitrogens with one attached hydrogen (secondary N) is 2. The van der Waals surface area contributed by atoms with Gasteiger partial charge in [-0.2, -0.15) is 0 Å². The molecule has 0 atom stereocenters. The van der Waals surface area contributed by atoms with Crippen molar-refractivity contribution >= 4 is 5.69 Å². The summed E-state index contributed by atoms with van der Waals surface area (Å²) in [6, 6.07) is 2.04. The minimum atomic E-state index is 0.118. The first-order valence-electron chi connectivity index (χ1n) is 5.93. The molecule has 0 aliphatic heterocycles. The molecule has 17 heavy (non-hydrogen) atoms. The van der Waals surface area contributed by atoms with Crippen LogP contribution in [-0.4, -0.2) is 30.8 Å². The molecule has 0 aliphatic carbocycles. The van der Waals surface area contributed by atoms with E-state index in [1.165, 1.54) is 5.56 Å². The van der Waals surface area contributed by atoms with Crippen molar-refractivity contribution in [3.63, 3.8) is 0 Å². The molecule has 0 saturated heterocycles. The molecular formula is C13H23N3O. The minimum Gasteiger partial charge on any atom is -0.383 e. The number of rotatable bonds is 6. The van der Waals surface area contributed by atoms with Gasteiger partial charge in [-0.25, -0.2) is 0 Å². The molecule has 4 nitrogen and oxygen atoms in total. The maximum Gasteiger partial charge on any atom is 0.0635 e. The molecule has 4 heteroatoms. The number of methoxy groups -OCH3 is 1. The van der Waals surface area contributed by atoms with Gasteiger partial charge >= 0.3 is 0 Å². The summed E-state index contributed by atoms with van der Waals surface area (Å²) in [5.74, 6) is 0. The van der Waals surface area contributed by atoms with Gasteiger partial charge in [-0.15, -0.1) is 0 Å². The molecule has 1 aromatic rings. The van der Waals surface area contributed by atoms with Crippen molar-refractivity contribution < 1.29 is 4.74 Å². The Labute approximate surface area is 104 Å². The van der Waals surface area contributed by atoms with Crippen molar-refractivity contribution in [2.24, 2.45) is 0 Å². The van der Waals surface area contributed by atoms with Gasteiger partial charge in [0.25, 0.3) is 0 Å². The first kappa shape index (κ1) is 13.9. The average Bonchev–Trinajstić information content (AvgIpc) is 2.27. The highest BCUT2D eigenvalue weighted by Crippen LogP contribution is 2.14. The van der Waals surface area contributed by atoms with Crippen LogP contribution >= 0.6 is 0 Å². The highest BCUT2D eigenvalue weighted by atomic mass is 16.5. The Kier molecular flexibility index (Phi) is 5.38. The lowest BCUT2D eigenvalue weighted by atomic mass is 10.1. The van der Waals surface area contributed by atoms with Gasteiger partial charge in [0.15, 0.2) is 0 Å². The molecule has 0 amide bonds. The van der Waals surface area contributed by atoms with Crippen LogP contribution in [0.5, 0.6) is 0 Å². The Morgan fingerprint density at radius 1 is 1.35 bits per heavy atom. The van der Waals surface area contributed by atoms with Crippen molar-refractivity contribution in [3.8, 4) is 0 Å². The lowest BCUT2D eigenvalue weighted by molar-refractivity contribution is 0.210. The monoisotopic (exact) mass is 237 g/mol. The molecule has 0 unspecified atom stereocenters. The Morgan fingerprint density at radius 2 is 2.12 bits per heavy atom. The number of ether oxygens (including phenoxy) is 1. The second kappa shape index (κ2) is 6.57. The maximum absolute atomic E-state index is 5.02. The van der Waals surface area contributed by atoms with Crippen molar-refractivity contribution in [2.45, 2.75) is 32.9 Å². The number of nitrogens with zero attached hydrogens (tertiary/aromatic N) is 1. The highest BCUT2D eigenvalue weighted by molar-refractivity contribution is 5.48. The number of pyridine rings is 1. The van der Waals surface area contributed by atoms with Gasteiger partial charge in [-0.05, 0) is 32.4 Å². The number of anilines is 1. The van der Waals surface area contributed by atoms with Gasteiger partial charge in [-0.1, -0.05) is 0 Å². The molecule has 0 spiro atoms. The lowest BCUT2D eigenvalue weighted by Crippen LogP contribution is -2.35. The fourth-order valence-electron chi connectivity index (χ4n) is 1.38. The third-order valence-corrected chi connectivity index (χ3v) is 2.34. The summed E-state index contributed by atoms with van der Waals surface area (Å²) < 4.78 is 5.02. The molecule has 0 fully saturated rings. The molecule has 0 bridgehead atoms. The highest BCUT2D eigenvalue weighted by Gasteiger charge is 2.10. The van der Waals surface area contributed by atoms with Gasteiger partial charge in [0, 0.05) is 31.9 Å². The van der Waals surface area contributed by atoms with E-state index in [9.17, 15) is 0 Å². The van der Waals surface area contributed by atoms with Gasteiger partial charge < -0.3 is 15.4 Å². The quantitative estimate of drug-likeness (QED) is 0.743. The van der Waals surface area contributed by atoms with Gasteiger partial charge in [0.1, 0.15) is 0 Å². The van der Waals surface area contributed by atoms with Crippen LogP contribution in [0.2, 0.25) is 0 Å². The summed E-state index contributed by atoms with van der Waals surface area (Å²) >= 11 is 0. The van der Waals surface area contributed by atoms with Crippen molar-refractivity contribution in [2.75, 3.05) is 25.6 Å². The van der Waals surface area contributed by atoms with Crippen LogP contribution < -0.4 is 10.6 Å². The SMILES string of the molecule is COCCNc1cnccc1CNC(C)(C)C. The summed E-state index contributed by atoms with van der Waals surface area (Å²) in [5.41, 5.74) is 2.42. The zero-order valence-electron chi connectivity index (χ0n) is 11.2. The van der Waals surface area contributed by atoms with Crippen molar-refractivity contribution in [1.82, 2.24) is 10.3 Å². The van der Waals surface area contributed by atoms with E-state index in [4.69, 9.17) is 4.74 Å². The average molecular weight is 237 g/mol. The molecule has 2 N–H and O–H groups in total. The summed E-state index contributed by atoms with van der Waals surface area (Å²) in [7, 11) is 1.70. The lowest BCUT2D eigenvalue weighted by Gasteiger charge is -2.21. The van der Waals surface area contributed by atoms with Crippen LogP contribution in [0.15, 0.2) is 18.5 Å². The molecule has 0 aromatic carbocycles. The molecule has 0 radical (unpaired) electrons. The van der Waals surface area contributed by atoms with E-state index in [0.29, 0.717) is 6.61 Å². The van der Waals surface area contributed by atoms with Crippen LogP contribution in [0.4, 0.5) is 5.69 Å². The smallest absolute Gasteiger partial charge is 0.0635 e.